The molecule has 1 N–H and O–H groups in total. The highest BCUT2D eigenvalue weighted by Crippen LogP contribution is 2.08. The number of nitrogens with zero attached hydrogens (tertiary/aromatic N) is 2. The van der Waals surface area contributed by atoms with Crippen LogP contribution in [0.4, 0.5) is 0 Å². The van der Waals surface area contributed by atoms with Crippen LogP contribution in [0.25, 0.3) is 0 Å². The molecule has 0 amide bonds. The molecule has 0 aliphatic heterocycles. The zero-order valence-corrected chi connectivity index (χ0v) is 9.73. The van der Waals surface area contributed by atoms with Crippen molar-refractivity contribution < 1.29 is 9.84 Å². The number of hydrogen-bond acceptors (Lipinski definition) is 3. The van der Waals surface area contributed by atoms with Crippen LogP contribution < -0.4 is 0 Å². The second-order valence-corrected chi connectivity index (χ2v) is 3.89. The van der Waals surface area contributed by atoms with Gasteiger partial charge in [0.15, 0.2) is 0 Å². The Kier molecular flexibility index (Phi) is 4.78. The van der Waals surface area contributed by atoms with E-state index >= 15 is 0 Å². The zero-order valence-electron chi connectivity index (χ0n) is 9.73. The van der Waals surface area contributed by atoms with E-state index in [1.807, 2.05) is 24.7 Å². The monoisotopic (exact) mass is 212 g/mol. The summed E-state index contributed by atoms with van der Waals surface area (Å²) >= 11 is 0. The van der Waals surface area contributed by atoms with Crippen molar-refractivity contribution in [3.05, 3.63) is 17.5 Å². The van der Waals surface area contributed by atoms with E-state index in [9.17, 15) is 5.11 Å². The van der Waals surface area contributed by atoms with Gasteiger partial charge in [-0.1, -0.05) is 0 Å². The molecule has 0 saturated carbocycles. The number of ether oxygens (including phenoxy) is 1. The zero-order chi connectivity index (χ0) is 11.3. The van der Waals surface area contributed by atoms with Crippen LogP contribution >= 0.6 is 0 Å². The maximum atomic E-state index is 9.77. The van der Waals surface area contributed by atoms with Gasteiger partial charge in [-0.3, -0.25) is 4.68 Å². The summed E-state index contributed by atoms with van der Waals surface area (Å²) in [6, 6.07) is 2.01. The molecule has 1 rings (SSSR count). The maximum Gasteiger partial charge on any atom is 0.0596 e. The third-order valence-electron chi connectivity index (χ3n) is 2.43. The van der Waals surface area contributed by atoms with Gasteiger partial charge in [0.1, 0.15) is 0 Å². The molecule has 1 aromatic heterocycles. The van der Waals surface area contributed by atoms with E-state index in [1.165, 1.54) is 0 Å². The van der Waals surface area contributed by atoms with Gasteiger partial charge in [0.2, 0.25) is 0 Å². The largest absolute Gasteiger partial charge is 0.393 e. The lowest BCUT2D eigenvalue weighted by Crippen LogP contribution is -2.13. The van der Waals surface area contributed by atoms with E-state index in [1.54, 1.807) is 7.11 Å². The quantitative estimate of drug-likeness (QED) is 0.717. The lowest BCUT2D eigenvalue weighted by atomic mass is 10.1. The van der Waals surface area contributed by atoms with Crippen molar-refractivity contribution in [3.63, 3.8) is 0 Å². The number of rotatable bonds is 6. The molecule has 4 nitrogen and oxygen atoms in total. The van der Waals surface area contributed by atoms with E-state index in [4.69, 9.17) is 4.74 Å². The summed E-state index contributed by atoms with van der Waals surface area (Å²) in [5.74, 6) is 0. The van der Waals surface area contributed by atoms with Crippen molar-refractivity contribution in [1.29, 1.82) is 0 Å². The summed E-state index contributed by atoms with van der Waals surface area (Å²) in [6.07, 6.45) is 2.04. The molecular weight excluding hydrogens is 192 g/mol. The standard InChI is InChI=1S/C11H20N2O2/c1-9-7-10(13(2)12-9)8-11(14)5-4-6-15-3/h7,11,14H,4-6,8H2,1-3H3. The van der Waals surface area contributed by atoms with Gasteiger partial charge in [-0.15, -0.1) is 0 Å². The first-order valence-corrected chi connectivity index (χ1v) is 5.30. The Morgan fingerprint density at radius 2 is 2.33 bits per heavy atom. The number of hydrogen-bond donors (Lipinski definition) is 1. The van der Waals surface area contributed by atoms with Gasteiger partial charge in [0, 0.05) is 32.9 Å². The van der Waals surface area contributed by atoms with Gasteiger partial charge in [-0.25, -0.2) is 0 Å². The van der Waals surface area contributed by atoms with Crippen molar-refractivity contribution in [2.45, 2.75) is 32.3 Å². The molecule has 4 heteroatoms. The van der Waals surface area contributed by atoms with Crippen LogP contribution in [-0.4, -0.2) is 34.7 Å². The Labute approximate surface area is 90.9 Å². The molecule has 1 aromatic rings. The first-order valence-electron chi connectivity index (χ1n) is 5.30. The van der Waals surface area contributed by atoms with Crippen LogP contribution in [0, 0.1) is 6.92 Å². The first kappa shape index (κ1) is 12.2. The van der Waals surface area contributed by atoms with Gasteiger partial charge in [-0.05, 0) is 25.8 Å². The first-order chi connectivity index (χ1) is 7.13. The Morgan fingerprint density at radius 3 is 2.87 bits per heavy atom. The summed E-state index contributed by atoms with van der Waals surface area (Å²) in [5.41, 5.74) is 2.08. The van der Waals surface area contributed by atoms with Crippen molar-refractivity contribution in [2.75, 3.05) is 13.7 Å². The summed E-state index contributed by atoms with van der Waals surface area (Å²) < 4.78 is 6.77. The maximum absolute atomic E-state index is 9.77. The Bertz CT molecular complexity index is 297. The molecule has 0 saturated heterocycles. The highest BCUT2D eigenvalue weighted by atomic mass is 16.5. The Morgan fingerprint density at radius 1 is 1.60 bits per heavy atom. The fourth-order valence-electron chi connectivity index (χ4n) is 1.66. The number of aromatic nitrogens is 2. The van der Waals surface area contributed by atoms with E-state index in [0.29, 0.717) is 13.0 Å². The molecule has 1 heterocycles. The molecule has 1 unspecified atom stereocenters. The second kappa shape index (κ2) is 5.88. The summed E-state index contributed by atoms with van der Waals surface area (Å²) in [7, 11) is 3.58. The van der Waals surface area contributed by atoms with Gasteiger partial charge in [0.05, 0.1) is 11.8 Å². The second-order valence-electron chi connectivity index (χ2n) is 3.89. The van der Waals surface area contributed by atoms with E-state index in [2.05, 4.69) is 5.10 Å². The molecule has 0 aliphatic carbocycles. The van der Waals surface area contributed by atoms with Crippen LogP contribution in [0.5, 0.6) is 0 Å². The predicted octanol–water partition coefficient (Wildman–Crippen LogP) is 1.06. The number of aliphatic hydroxyl groups is 1. The molecular formula is C11H20N2O2. The Balaban J connectivity index is 2.37. The highest BCUT2D eigenvalue weighted by Gasteiger charge is 2.09. The number of aliphatic hydroxyl groups excluding tert-OH is 1. The average Bonchev–Trinajstić information content (AvgIpc) is 2.45. The molecule has 0 fully saturated rings. The summed E-state index contributed by atoms with van der Waals surface area (Å²) in [6.45, 7) is 2.67. The highest BCUT2D eigenvalue weighted by molar-refractivity contribution is 5.09. The van der Waals surface area contributed by atoms with Gasteiger partial charge in [-0.2, -0.15) is 5.10 Å². The number of methoxy groups -OCH3 is 1. The van der Waals surface area contributed by atoms with Gasteiger partial charge >= 0.3 is 0 Å². The Hall–Kier alpha value is -0.870. The lowest BCUT2D eigenvalue weighted by Gasteiger charge is -2.09. The minimum atomic E-state index is -0.296. The van der Waals surface area contributed by atoms with E-state index < -0.39 is 0 Å². The third kappa shape index (κ3) is 4.01. The fraction of sp³-hybridized carbons (Fsp3) is 0.727. The summed E-state index contributed by atoms with van der Waals surface area (Å²) in [5, 5.41) is 14.0. The molecule has 0 bridgehead atoms. The van der Waals surface area contributed by atoms with Crippen molar-refractivity contribution in [1.82, 2.24) is 9.78 Å². The van der Waals surface area contributed by atoms with Crippen molar-refractivity contribution in [3.8, 4) is 0 Å². The molecule has 0 radical (unpaired) electrons. The fourth-order valence-corrected chi connectivity index (χ4v) is 1.66. The molecule has 86 valence electrons. The van der Waals surface area contributed by atoms with Crippen LogP contribution in [-0.2, 0) is 18.2 Å². The predicted molar refractivity (Wildman–Crippen MR) is 58.8 cm³/mol. The smallest absolute Gasteiger partial charge is 0.0596 e. The normalized spacial score (nSPS) is 13.1. The van der Waals surface area contributed by atoms with Crippen LogP contribution in [0.3, 0.4) is 0 Å². The minimum absolute atomic E-state index is 0.296. The molecule has 1 atom stereocenters. The van der Waals surface area contributed by atoms with Gasteiger partial charge < -0.3 is 9.84 Å². The minimum Gasteiger partial charge on any atom is -0.393 e. The van der Waals surface area contributed by atoms with Crippen LogP contribution in [0.1, 0.15) is 24.2 Å². The summed E-state index contributed by atoms with van der Waals surface area (Å²) in [4.78, 5) is 0. The van der Waals surface area contributed by atoms with Crippen LogP contribution in [0.2, 0.25) is 0 Å². The molecule has 0 aliphatic rings. The molecule has 0 aromatic carbocycles. The van der Waals surface area contributed by atoms with E-state index in [0.717, 1.165) is 24.2 Å². The number of aryl methyl sites for hydroxylation is 2. The van der Waals surface area contributed by atoms with Crippen LogP contribution in [0.15, 0.2) is 6.07 Å². The topological polar surface area (TPSA) is 47.3 Å². The molecule has 15 heavy (non-hydrogen) atoms. The lowest BCUT2D eigenvalue weighted by molar-refractivity contribution is 0.134. The van der Waals surface area contributed by atoms with Crippen molar-refractivity contribution in [2.24, 2.45) is 7.05 Å². The third-order valence-corrected chi connectivity index (χ3v) is 2.43. The molecule has 0 spiro atoms. The van der Waals surface area contributed by atoms with Gasteiger partial charge in [0.25, 0.3) is 0 Å². The average molecular weight is 212 g/mol. The van der Waals surface area contributed by atoms with Crippen molar-refractivity contribution >= 4 is 0 Å². The SMILES string of the molecule is COCCCC(O)Cc1cc(C)nn1C. The van der Waals surface area contributed by atoms with E-state index in [-0.39, 0.29) is 6.10 Å².